The third kappa shape index (κ3) is 9.03. The van der Waals surface area contributed by atoms with Gasteiger partial charge in [-0.3, -0.25) is 33.5 Å². The first-order chi connectivity index (χ1) is 18.3. The van der Waals surface area contributed by atoms with E-state index in [1.54, 1.807) is 36.4 Å². The number of hydrogen-bond acceptors (Lipinski definition) is 8. The average Bonchev–Trinajstić information content (AvgIpc) is 2.91. The molecule has 0 aliphatic heterocycles. The molecule has 40 heavy (non-hydrogen) atoms. The first kappa shape index (κ1) is 33.5. The highest BCUT2D eigenvalue weighted by Gasteiger charge is 2.10. The Morgan fingerprint density at radius 3 is 1.68 bits per heavy atom. The van der Waals surface area contributed by atoms with Crippen LogP contribution in [0.25, 0.3) is 0 Å². The van der Waals surface area contributed by atoms with E-state index in [9.17, 15) is 24.0 Å². The Bertz CT molecular complexity index is 1670. The smallest absolute Gasteiger partial charge is 0.329 e. The van der Waals surface area contributed by atoms with Crippen LogP contribution in [0.1, 0.15) is 28.9 Å². The topological polar surface area (TPSA) is 205 Å². The van der Waals surface area contributed by atoms with Crippen molar-refractivity contribution >= 4 is 46.8 Å². The van der Waals surface area contributed by atoms with Crippen molar-refractivity contribution in [1.82, 2.24) is 19.1 Å². The van der Waals surface area contributed by atoms with Gasteiger partial charge in [0, 0.05) is 29.7 Å². The number of anilines is 3. The fraction of sp³-hybridized carbons (Fsp3) is 0.192. The minimum absolute atomic E-state index is 0. The largest absolute Gasteiger partial charge is 0.391 e. The third-order valence-electron chi connectivity index (χ3n) is 5.39. The number of aryl methyl sites for hydroxylation is 1. The summed E-state index contributed by atoms with van der Waals surface area (Å²) in [5.41, 5.74) is 16.1. The minimum atomic E-state index is -0.578. The summed E-state index contributed by atoms with van der Waals surface area (Å²) in [5, 5.41) is 1.32. The first-order valence-corrected chi connectivity index (χ1v) is 12.0. The molecule has 0 spiro atoms. The number of benzene rings is 2. The van der Waals surface area contributed by atoms with Crippen LogP contribution >= 0.6 is 23.2 Å². The fourth-order valence-corrected chi connectivity index (χ4v) is 3.29. The number of aromatic nitrogens is 4. The first-order valence-electron chi connectivity index (χ1n) is 11.2. The molecule has 0 fully saturated rings. The van der Waals surface area contributed by atoms with Crippen LogP contribution in [-0.2, 0) is 26.9 Å². The fourth-order valence-electron chi connectivity index (χ4n) is 3.04. The second-order valence-corrected chi connectivity index (χ2v) is 8.98. The van der Waals surface area contributed by atoms with E-state index in [0.717, 1.165) is 21.0 Å². The Balaban J connectivity index is 0.000000324. The quantitative estimate of drug-likeness (QED) is 0.221. The highest BCUT2D eigenvalue weighted by molar-refractivity contribution is 6.30. The minimum Gasteiger partial charge on any atom is -0.391 e. The molecule has 2 heterocycles. The monoisotopic (exact) mass is 591 g/mol. The Labute approximate surface area is 239 Å². The molecule has 14 heteroatoms. The normalized spacial score (nSPS) is 9.80. The van der Waals surface area contributed by atoms with E-state index < -0.39 is 16.9 Å². The SMILES string of the molecule is C.Cn1c(=O)[nH]c(N)c(CCc2ccc(Cl)cc2)c1=O.Cn1c(=O)[nH]c(N)c(N)c1=O.O=Cc1ccc(Cl)cc1. The van der Waals surface area contributed by atoms with Crippen LogP contribution in [0.4, 0.5) is 17.3 Å². The summed E-state index contributed by atoms with van der Waals surface area (Å²) in [7, 11) is 2.74. The van der Waals surface area contributed by atoms with Crippen molar-refractivity contribution in [1.29, 1.82) is 0 Å². The van der Waals surface area contributed by atoms with E-state index in [0.29, 0.717) is 34.0 Å². The molecule has 8 N–H and O–H groups in total. The van der Waals surface area contributed by atoms with Crippen molar-refractivity contribution in [2.45, 2.75) is 20.3 Å². The summed E-state index contributed by atoms with van der Waals surface area (Å²) in [6, 6.07) is 14.1. The van der Waals surface area contributed by atoms with Crippen molar-refractivity contribution in [3.8, 4) is 0 Å². The number of aromatic amines is 2. The second kappa shape index (κ2) is 15.1. The van der Waals surface area contributed by atoms with Crippen LogP contribution in [0.3, 0.4) is 0 Å². The zero-order chi connectivity index (χ0) is 29.3. The van der Waals surface area contributed by atoms with Gasteiger partial charge >= 0.3 is 11.4 Å². The summed E-state index contributed by atoms with van der Waals surface area (Å²) < 4.78 is 1.87. The van der Waals surface area contributed by atoms with Crippen molar-refractivity contribution in [3.05, 3.63) is 117 Å². The van der Waals surface area contributed by atoms with Crippen LogP contribution in [0.5, 0.6) is 0 Å². The third-order valence-corrected chi connectivity index (χ3v) is 5.89. The molecular formula is C26H31Cl2N7O5. The number of nitrogens with one attached hydrogen (secondary N) is 2. The summed E-state index contributed by atoms with van der Waals surface area (Å²) in [6.07, 6.45) is 1.91. The van der Waals surface area contributed by atoms with Gasteiger partial charge in [0.05, 0.1) is 5.56 Å². The zero-order valence-corrected chi connectivity index (χ0v) is 22.5. The van der Waals surface area contributed by atoms with E-state index >= 15 is 0 Å². The maximum Gasteiger partial charge on any atom is 0.329 e. The lowest BCUT2D eigenvalue weighted by atomic mass is 10.1. The van der Waals surface area contributed by atoms with Crippen molar-refractivity contribution in [2.24, 2.45) is 14.1 Å². The van der Waals surface area contributed by atoms with Crippen LogP contribution in [0.2, 0.25) is 10.0 Å². The van der Waals surface area contributed by atoms with Gasteiger partial charge in [0.15, 0.2) is 0 Å². The number of carbonyl (C=O) groups is 1. The molecule has 0 saturated heterocycles. The van der Waals surface area contributed by atoms with Crippen molar-refractivity contribution in [2.75, 3.05) is 17.2 Å². The molecular weight excluding hydrogens is 561 g/mol. The van der Waals surface area contributed by atoms with E-state index in [2.05, 4.69) is 9.97 Å². The van der Waals surface area contributed by atoms with Gasteiger partial charge in [-0.15, -0.1) is 0 Å². The number of nitrogens with zero attached hydrogens (tertiary/aromatic N) is 2. The number of rotatable bonds is 4. The predicted octanol–water partition coefficient (Wildman–Crippen LogP) is 2.12. The number of aldehydes is 1. The Hall–Kier alpha value is -4.55. The van der Waals surface area contributed by atoms with Crippen LogP contribution < -0.4 is 39.7 Å². The van der Waals surface area contributed by atoms with E-state index in [4.69, 9.17) is 40.4 Å². The van der Waals surface area contributed by atoms with Gasteiger partial charge in [-0.1, -0.05) is 54.9 Å². The molecule has 4 aromatic rings. The number of hydrogen-bond donors (Lipinski definition) is 5. The molecule has 12 nitrogen and oxygen atoms in total. The molecule has 0 aliphatic carbocycles. The number of carbonyl (C=O) groups excluding carboxylic acids is 1. The summed E-state index contributed by atoms with van der Waals surface area (Å²) >= 11 is 11.4. The molecule has 0 aliphatic rings. The lowest BCUT2D eigenvalue weighted by Gasteiger charge is -2.06. The number of nitrogens with two attached hydrogens (primary N) is 3. The van der Waals surface area contributed by atoms with Gasteiger partial charge in [-0.2, -0.15) is 0 Å². The maximum atomic E-state index is 11.9. The van der Waals surface area contributed by atoms with Gasteiger partial charge < -0.3 is 17.2 Å². The molecule has 0 saturated carbocycles. The standard InChI is InChI=1S/C13H14ClN3O2.C7H5ClO.C5H8N4O2.CH4/c1-17-12(18)10(11(15)16-13(17)19)7-4-8-2-5-9(14)6-3-8;8-7-3-1-6(5-9)2-4-7;1-9-4(10)2(6)3(7)8-5(9)11;/h2-3,5-6H,4,7,15H2,1H3,(H,16,19);1-5H;6-7H2,1H3,(H,8,11);1H4. The Morgan fingerprint density at radius 2 is 1.18 bits per heavy atom. The summed E-state index contributed by atoms with van der Waals surface area (Å²) in [4.78, 5) is 59.7. The highest BCUT2D eigenvalue weighted by atomic mass is 35.5. The van der Waals surface area contributed by atoms with Crippen molar-refractivity contribution in [3.63, 3.8) is 0 Å². The average molecular weight is 592 g/mol. The van der Waals surface area contributed by atoms with Crippen LogP contribution in [0.15, 0.2) is 67.7 Å². The molecule has 4 rings (SSSR count). The van der Waals surface area contributed by atoms with Crippen molar-refractivity contribution < 1.29 is 4.79 Å². The lowest BCUT2D eigenvalue weighted by molar-refractivity contribution is 0.112. The van der Waals surface area contributed by atoms with Gasteiger partial charge in [0.1, 0.15) is 23.6 Å². The van der Waals surface area contributed by atoms with Crippen LogP contribution in [0, 0.1) is 0 Å². The molecule has 0 bridgehead atoms. The highest BCUT2D eigenvalue weighted by Crippen LogP contribution is 2.12. The summed E-state index contributed by atoms with van der Waals surface area (Å²) in [5.74, 6) is 0.0557. The molecule has 0 unspecified atom stereocenters. The zero-order valence-electron chi connectivity index (χ0n) is 21.0. The number of H-pyrrole nitrogens is 2. The van der Waals surface area contributed by atoms with Crippen LogP contribution in [-0.4, -0.2) is 25.4 Å². The molecule has 214 valence electrons. The van der Waals surface area contributed by atoms with Gasteiger partial charge in [0.2, 0.25) is 0 Å². The number of nitrogen functional groups attached to an aromatic ring is 3. The van der Waals surface area contributed by atoms with Gasteiger partial charge in [-0.05, 0) is 42.7 Å². The molecule has 0 atom stereocenters. The Morgan fingerprint density at radius 1 is 0.725 bits per heavy atom. The maximum absolute atomic E-state index is 11.9. The lowest BCUT2D eigenvalue weighted by Crippen LogP contribution is -2.36. The molecule has 0 radical (unpaired) electrons. The predicted molar refractivity (Wildman–Crippen MR) is 160 cm³/mol. The van der Waals surface area contributed by atoms with Gasteiger partial charge in [0.25, 0.3) is 11.1 Å². The molecule has 2 aromatic carbocycles. The second-order valence-electron chi connectivity index (χ2n) is 8.10. The van der Waals surface area contributed by atoms with E-state index in [1.807, 2.05) is 12.1 Å². The Kier molecular flexibility index (Phi) is 12.7. The molecule has 0 amide bonds. The molecule has 2 aromatic heterocycles. The van der Waals surface area contributed by atoms with Gasteiger partial charge in [-0.25, -0.2) is 9.59 Å². The number of halogens is 2. The summed E-state index contributed by atoms with van der Waals surface area (Å²) in [6.45, 7) is 0. The van der Waals surface area contributed by atoms with E-state index in [1.165, 1.54) is 14.1 Å². The van der Waals surface area contributed by atoms with E-state index in [-0.39, 0.29) is 30.3 Å².